The van der Waals surface area contributed by atoms with Crippen molar-refractivity contribution in [2.45, 2.75) is 32.6 Å². The van der Waals surface area contributed by atoms with Gasteiger partial charge in [0, 0.05) is 17.1 Å². The molecule has 0 radical (unpaired) electrons. The third-order valence-electron chi connectivity index (χ3n) is 4.63. The molecule has 0 aromatic heterocycles. The van der Waals surface area contributed by atoms with Crippen LogP contribution < -0.4 is 25.6 Å². The summed E-state index contributed by atoms with van der Waals surface area (Å²) in [5.74, 6) is 0.205. The highest BCUT2D eigenvalue weighted by atomic mass is 79.9. The zero-order chi connectivity index (χ0) is 24.8. The van der Waals surface area contributed by atoms with Crippen molar-refractivity contribution in [1.29, 1.82) is 0 Å². The Labute approximate surface area is 213 Å². The van der Waals surface area contributed by atoms with Gasteiger partial charge in [0.05, 0.1) is 18.8 Å². The monoisotopic (exact) mass is 551 g/mol. The highest BCUT2D eigenvalue weighted by Crippen LogP contribution is 2.23. The highest BCUT2D eigenvalue weighted by Gasteiger charge is 2.15. The molecule has 2 aromatic carbocycles. The number of methoxy groups -OCH3 is 1. The number of unbranched alkanes of at least 4 members (excludes halogenated alkanes) is 3. The minimum Gasteiger partial charge on any atom is -0.494 e. The fourth-order valence-corrected chi connectivity index (χ4v) is 3.35. The Kier molecular flexibility index (Phi) is 12.4. The largest absolute Gasteiger partial charge is 0.494 e. The average Bonchev–Trinajstić information content (AvgIpc) is 2.83. The van der Waals surface area contributed by atoms with Gasteiger partial charge in [-0.1, -0.05) is 42.1 Å². The molecule has 0 heterocycles. The van der Waals surface area contributed by atoms with Crippen LogP contribution in [0, 0.1) is 0 Å². The topological polar surface area (TPSA) is 97.9 Å². The lowest BCUT2D eigenvalue weighted by atomic mass is 10.2. The maximum absolute atomic E-state index is 12.7. The molecule has 0 saturated carbocycles. The first-order valence-electron chi connectivity index (χ1n) is 11.0. The first-order chi connectivity index (χ1) is 16.4. The van der Waals surface area contributed by atoms with Gasteiger partial charge in [-0.25, -0.2) is 0 Å². The van der Waals surface area contributed by atoms with Gasteiger partial charge in [0.25, 0.3) is 11.8 Å². The summed E-state index contributed by atoms with van der Waals surface area (Å²) in [6, 6.07) is 11.9. The fraction of sp³-hybridized carbons (Fsp3) is 0.375. The Morgan fingerprint density at radius 1 is 0.912 bits per heavy atom. The lowest BCUT2D eigenvalue weighted by Gasteiger charge is -2.14. The van der Waals surface area contributed by atoms with E-state index in [9.17, 15) is 9.59 Å². The minimum absolute atomic E-state index is 0.0619. The number of carbonyl (C=O) groups excluding carboxylic acids is 2. The smallest absolute Gasteiger partial charge is 0.269 e. The number of hydrazine groups is 1. The normalized spacial score (nSPS) is 10.3. The summed E-state index contributed by atoms with van der Waals surface area (Å²) in [5.41, 5.74) is 5.70. The molecule has 184 valence electrons. The van der Waals surface area contributed by atoms with Crippen molar-refractivity contribution < 1.29 is 23.8 Å². The van der Waals surface area contributed by atoms with Crippen LogP contribution in [0.2, 0.25) is 0 Å². The second-order valence-electron chi connectivity index (χ2n) is 7.28. The molecule has 0 atom stereocenters. The van der Waals surface area contributed by atoms with Crippen LogP contribution in [-0.2, 0) is 4.74 Å². The van der Waals surface area contributed by atoms with E-state index in [-0.39, 0.29) is 10.7 Å². The first kappa shape index (κ1) is 27.6. The van der Waals surface area contributed by atoms with E-state index in [1.165, 1.54) is 12.8 Å². The first-order valence-corrected chi connectivity index (χ1v) is 12.2. The van der Waals surface area contributed by atoms with Crippen LogP contribution in [0.4, 0.5) is 0 Å². The molecule has 0 aliphatic carbocycles. The standard InChI is InChI=1S/C24H30BrN3O5S/c1-3-4-5-6-13-32-19-10-7-17(8-11-19)22(29)27-28-24(34)26-23(30)20-16-18(25)9-12-21(20)33-15-14-31-2/h7-12,16H,3-6,13-15H2,1-2H3,(H,27,29)(H2,26,28,30,34). The van der Waals surface area contributed by atoms with Crippen molar-refractivity contribution in [3.8, 4) is 11.5 Å². The zero-order valence-electron chi connectivity index (χ0n) is 19.3. The summed E-state index contributed by atoms with van der Waals surface area (Å²) in [4.78, 5) is 25.0. The summed E-state index contributed by atoms with van der Waals surface area (Å²) < 4.78 is 16.9. The van der Waals surface area contributed by atoms with Gasteiger partial charge in [0.1, 0.15) is 18.1 Å². The SMILES string of the molecule is CCCCCCOc1ccc(C(=O)NNC(=S)NC(=O)c2cc(Br)ccc2OCCOC)cc1. The number of hydrogen-bond donors (Lipinski definition) is 3. The molecular weight excluding hydrogens is 522 g/mol. The molecule has 34 heavy (non-hydrogen) atoms. The van der Waals surface area contributed by atoms with E-state index in [1.54, 1.807) is 49.6 Å². The van der Waals surface area contributed by atoms with Gasteiger partial charge in [0.2, 0.25) is 0 Å². The second kappa shape index (κ2) is 15.3. The van der Waals surface area contributed by atoms with Gasteiger partial charge in [-0.15, -0.1) is 0 Å². The van der Waals surface area contributed by atoms with Gasteiger partial charge < -0.3 is 14.2 Å². The molecular formula is C24H30BrN3O5S. The van der Waals surface area contributed by atoms with Crippen molar-refractivity contribution in [3.05, 3.63) is 58.1 Å². The van der Waals surface area contributed by atoms with E-state index < -0.39 is 11.8 Å². The van der Waals surface area contributed by atoms with Gasteiger partial charge in [-0.2, -0.15) is 0 Å². The van der Waals surface area contributed by atoms with E-state index >= 15 is 0 Å². The molecule has 2 amide bonds. The van der Waals surface area contributed by atoms with Crippen LogP contribution in [0.3, 0.4) is 0 Å². The predicted molar refractivity (Wildman–Crippen MR) is 138 cm³/mol. The minimum atomic E-state index is -0.485. The van der Waals surface area contributed by atoms with Crippen LogP contribution in [0.5, 0.6) is 11.5 Å². The van der Waals surface area contributed by atoms with Crippen molar-refractivity contribution in [3.63, 3.8) is 0 Å². The molecule has 2 aromatic rings. The van der Waals surface area contributed by atoms with Gasteiger partial charge in [-0.3, -0.25) is 25.8 Å². The number of hydrogen-bond acceptors (Lipinski definition) is 6. The Morgan fingerprint density at radius 3 is 2.38 bits per heavy atom. The van der Waals surface area contributed by atoms with E-state index in [0.29, 0.717) is 41.4 Å². The van der Waals surface area contributed by atoms with Crippen LogP contribution in [0.15, 0.2) is 46.9 Å². The maximum atomic E-state index is 12.7. The number of rotatable bonds is 12. The maximum Gasteiger partial charge on any atom is 0.269 e. The number of nitrogens with one attached hydrogen (secondary N) is 3. The van der Waals surface area contributed by atoms with Crippen LogP contribution in [0.25, 0.3) is 0 Å². The van der Waals surface area contributed by atoms with Gasteiger partial charge >= 0.3 is 0 Å². The molecule has 2 rings (SSSR count). The molecule has 8 nitrogen and oxygen atoms in total. The van der Waals surface area contributed by atoms with Crippen LogP contribution in [-0.4, -0.2) is 43.9 Å². The number of carbonyl (C=O) groups is 2. The molecule has 3 N–H and O–H groups in total. The van der Waals surface area contributed by atoms with E-state index in [2.05, 4.69) is 39.0 Å². The third kappa shape index (κ3) is 9.66. The summed E-state index contributed by atoms with van der Waals surface area (Å²) in [7, 11) is 1.56. The van der Waals surface area contributed by atoms with Crippen molar-refractivity contribution in [2.75, 3.05) is 26.9 Å². The Morgan fingerprint density at radius 2 is 1.68 bits per heavy atom. The summed E-state index contributed by atoms with van der Waals surface area (Å²) in [6.45, 7) is 3.49. The van der Waals surface area contributed by atoms with Crippen molar-refractivity contribution in [1.82, 2.24) is 16.2 Å². The second-order valence-corrected chi connectivity index (χ2v) is 8.60. The number of thiocarbonyl (C=S) groups is 1. The average molecular weight is 552 g/mol. The molecule has 0 spiro atoms. The molecule has 0 unspecified atom stereocenters. The lowest BCUT2D eigenvalue weighted by Crippen LogP contribution is -2.48. The van der Waals surface area contributed by atoms with Crippen molar-refractivity contribution in [2.24, 2.45) is 0 Å². The van der Waals surface area contributed by atoms with Gasteiger partial charge in [-0.05, 0) is 61.1 Å². The summed E-state index contributed by atoms with van der Waals surface area (Å²) in [5, 5.41) is 2.46. The fourth-order valence-electron chi connectivity index (χ4n) is 2.85. The number of benzene rings is 2. The van der Waals surface area contributed by atoms with Crippen LogP contribution >= 0.6 is 28.1 Å². The predicted octanol–water partition coefficient (Wildman–Crippen LogP) is 4.38. The van der Waals surface area contributed by atoms with Crippen LogP contribution in [0.1, 0.15) is 53.3 Å². The molecule has 10 heteroatoms. The quantitative estimate of drug-likeness (QED) is 0.204. The van der Waals surface area contributed by atoms with E-state index in [1.807, 2.05) is 0 Å². The summed E-state index contributed by atoms with van der Waals surface area (Å²) in [6.07, 6.45) is 4.52. The Balaban J connectivity index is 1.83. The third-order valence-corrected chi connectivity index (χ3v) is 5.33. The number of amides is 2. The highest BCUT2D eigenvalue weighted by molar-refractivity contribution is 9.10. The Hall–Kier alpha value is -2.69. The van der Waals surface area contributed by atoms with Gasteiger partial charge in [0.15, 0.2) is 5.11 Å². The Bertz CT molecular complexity index is 956. The zero-order valence-corrected chi connectivity index (χ0v) is 21.7. The summed E-state index contributed by atoms with van der Waals surface area (Å²) >= 11 is 8.47. The van der Waals surface area contributed by atoms with E-state index in [4.69, 9.17) is 26.4 Å². The molecule has 0 aliphatic heterocycles. The number of halogens is 1. The molecule has 0 fully saturated rings. The lowest BCUT2D eigenvalue weighted by molar-refractivity contribution is 0.0933. The number of ether oxygens (including phenoxy) is 3. The molecule has 0 saturated heterocycles. The van der Waals surface area contributed by atoms with E-state index in [0.717, 1.165) is 12.8 Å². The molecule has 0 bridgehead atoms. The van der Waals surface area contributed by atoms with Crippen molar-refractivity contribution >= 4 is 45.1 Å². The molecule has 0 aliphatic rings.